The lowest BCUT2D eigenvalue weighted by molar-refractivity contribution is 0.183. The molecule has 68 valence electrons. The van der Waals surface area contributed by atoms with Gasteiger partial charge in [0.05, 0.1) is 6.10 Å². The Hall–Kier alpha value is 0.540. The summed E-state index contributed by atoms with van der Waals surface area (Å²) in [4.78, 5) is 0. The molecule has 0 aromatic heterocycles. The lowest BCUT2D eigenvalue weighted by Gasteiger charge is -2.04. The van der Waals surface area contributed by atoms with Gasteiger partial charge in [0, 0.05) is 11.8 Å². The van der Waals surface area contributed by atoms with Gasteiger partial charge in [-0.3, -0.25) is 0 Å². The molecule has 0 aliphatic rings. The molecule has 0 aromatic rings. The average Bonchev–Trinajstić information content (AvgIpc) is 2.04. The Kier molecular flexibility index (Phi) is 9.06. The fourth-order valence-electron chi connectivity index (χ4n) is 0.905. The summed E-state index contributed by atoms with van der Waals surface area (Å²) in [6.45, 7) is 0. The maximum atomic E-state index is 9.06. The SMILES string of the molecule is OC(CCl)CCCCCCCl. The molecule has 0 aliphatic heterocycles. The Labute approximate surface area is 78.7 Å². The number of hydrogen-bond acceptors (Lipinski definition) is 1. The largest absolute Gasteiger partial charge is 0.392 e. The fraction of sp³-hybridized carbons (Fsp3) is 1.00. The van der Waals surface area contributed by atoms with Gasteiger partial charge in [0.15, 0.2) is 0 Å². The van der Waals surface area contributed by atoms with Crippen molar-refractivity contribution in [3.63, 3.8) is 0 Å². The second-order valence-electron chi connectivity index (χ2n) is 2.70. The van der Waals surface area contributed by atoms with Gasteiger partial charge in [0.2, 0.25) is 0 Å². The first-order chi connectivity index (χ1) is 5.31. The number of hydrogen-bond donors (Lipinski definition) is 1. The molecule has 0 spiro atoms. The van der Waals surface area contributed by atoms with Crippen molar-refractivity contribution in [1.29, 1.82) is 0 Å². The Morgan fingerprint density at radius 1 is 1.00 bits per heavy atom. The highest BCUT2D eigenvalue weighted by Gasteiger charge is 1.99. The van der Waals surface area contributed by atoms with Crippen molar-refractivity contribution in [3.8, 4) is 0 Å². The number of rotatable bonds is 7. The molecule has 1 nitrogen and oxygen atoms in total. The maximum Gasteiger partial charge on any atom is 0.0675 e. The maximum absolute atomic E-state index is 9.06. The minimum atomic E-state index is -0.312. The Morgan fingerprint density at radius 2 is 1.64 bits per heavy atom. The summed E-state index contributed by atoms with van der Waals surface area (Å²) in [6, 6.07) is 0. The lowest BCUT2D eigenvalue weighted by atomic mass is 10.1. The summed E-state index contributed by atoms with van der Waals surface area (Å²) < 4.78 is 0. The van der Waals surface area contributed by atoms with E-state index in [0.29, 0.717) is 5.88 Å². The van der Waals surface area contributed by atoms with Crippen molar-refractivity contribution in [3.05, 3.63) is 0 Å². The van der Waals surface area contributed by atoms with E-state index < -0.39 is 0 Å². The van der Waals surface area contributed by atoms with Crippen LogP contribution in [0.4, 0.5) is 0 Å². The van der Waals surface area contributed by atoms with Gasteiger partial charge < -0.3 is 5.11 Å². The normalized spacial score (nSPS) is 13.4. The van der Waals surface area contributed by atoms with Crippen molar-refractivity contribution in [2.45, 2.75) is 38.2 Å². The van der Waals surface area contributed by atoms with Crippen LogP contribution in [0.25, 0.3) is 0 Å². The highest BCUT2D eigenvalue weighted by molar-refractivity contribution is 6.18. The van der Waals surface area contributed by atoms with E-state index >= 15 is 0 Å². The van der Waals surface area contributed by atoms with Crippen molar-refractivity contribution in [2.24, 2.45) is 0 Å². The van der Waals surface area contributed by atoms with Crippen LogP contribution in [0.2, 0.25) is 0 Å². The molecule has 1 atom stereocenters. The second-order valence-corrected chi connectivity index (χ2v) is 3.39. The number of aliphatic hydroxyl groups is 1. The van der Waals surface area contributed by atoms with Crippen LogP contribution in [0, 0.1) is 0 Å². The van der Waals surface area contributed by atoms with Gasteiger partial charge in [-0.15, -0.1) is 23.2 Å². The van der Waals surface area contributed by atoms with E-state index in [1.54, 1.807) is 0 Å². The summed E-state index contributed by atoms with van der Waals surface area (Å²) in [5, 5.41) is 9.06. The molecule has 0 heterocycles. The van der Waals surface area contributed by atoms with Gasteiger partial charge in [-0.25, -0.2) is 0 Å². The Morgan fingerprint density at radius 3 is 2.18 bits per heavy atom. The van der Waals surface area contributed by atoms with E-state index in [9.17, 15) is 0 Å². The first kappa shape index (κ1) is 11.5. The minimum absolute atomic E-state index is 0.312. The molecule has 3 heteroatoms. The van der Waals surface area contributed by atoms with E-state index in [0.717, 1.165) is 31.6 Å². The molecule has 0 amide bonds. The van der Waals surface area contributed by atoms with Crippen LogP contribution in [-0.4, -0.2) is 23.0 Å². The second kappa shape index (κ2) is 8.63. The van der Waals surface area contributed by atoms with Crippen molar-refractivity contribution >= 4 is 23.2 Å². The summed E-state index contributed by atoms with van der Waals surface area (Å²) >= 11 is 10.9. The van der Waals surface area contributed by atoms with Gasteiger partial charge >= 0.3 is 0 Å². The molecule has 1 unspecified atom stereocenters. The monoisotopic (exact) mass is 198 g/mol. The van der Waals surface area contributed by atoms with E-state index in [1.807, 2.05) is 0 Å². The zero-order valence-electron chi connectivity index (χ0n) is 6.73. The molecule has 0 aliphatic carbocycles. The number of unbranched alkanes of at least 4 members (excludes halogenated alkanes) is 3. The molecule has 11 heavy (non-hydrogen) atoms. The van der Waals surface area contributed by atoms with Gasteiger partial charge in [0.25, 0.3) is 0 Å². The van der Waals surface area contributed by atoms with Crippen LogP contribution < -0.4 is 0 Å². The van der Waals surface area contributed by atoms with Gasteiger partial charge in [-0.2, -0.15) is 0 Å². The van der Waals surface area contributed by atoms with Gasteiger partial charge in [-0.05, 0) is 12.8 Å². The number of halogens is 2. The topological polar surface area (TPSA) is 20.2 Å². The van der Waals surface area contributed by atoms with Crippen LogP contribution in [0.15, 0.2) is 0 Å². The summed E-state index contributed by atoms with van der Waals surface area (Å²) in [7, 11) is 0. The van der Waals surface area contributed by atoms with Crippen molar-refractivity contribution < 1.29 is 5.11 Å². The first-order valence-electron chi connectivity index (χ1n) is 4.11. The predicted octanol–water partition coefficient (Wildman–Crippen LogP) is 2.78. The molecule has 0 saturated heterocycles. The van der Waals surface area contributed by atoms with Crippen molar-refractivity contribution in [2.75, 3.05) is 11.8 Å². The van der Waals surface area contributed by atoms with E-state index in [2.05, 4.69) is 0 Å². The van der Waals surface area contributed by atoms with Gasteiger partial charge in [-0.1, -0.05) is 19.3 Å². The average molecular weight is 199 g/mol. The molecule has 0 rings (SSSR count). The quantitative estimate of drug-likeness (QED) is 0.493. The van der Waals surface area contributed by atoms with Crippen LogP contribution in [0.3, 0.4) is 0 Å². The van der Waals surface area contributed by atoms with Crippen LogP contribution >= 0.6 is 23.2 Å². The standard InChI is InChI=1S/C8H16Cl2O/c9-6-4-2-1-3-5-8(11)7-10/h8,11H,1-7H2. The smallest absolute Gasteiger partial charge is 0.0675 e. The molecule has 0 radical (unpaired) electrons. The van der Waals surface area contributed by atoms with Crippen LogP contribution in [0.1, 0.15) is 32.1 Å². The highest BCUT2D eigenvalue weighted by Crippen LogP contribution is 2.06. The number of alkyl halides is 2. The van der Waals surface area contributed by atoms with Crippen LogP contribution in [-0.2, 0) is 0 Å². The summed E-state index contributed by atoms with van der Waals surface area (Å²) in [5.74, 6) is 1.10. The Balaban J connectivity index is 2.89. The summed E-state index contributed by atoms with van der Waals surface area (Å²) in [6.07, 6.45) is 4.97. The first-order valence-corrected chi connectivity index (χ1v) is 5.18. The highest BCUT2D eigenvalue weighted by atomic mass is 35.5. The van der Waals surface area contributed by atoms with Gasteiger partial charge in [0.1, 0.15) is 0 Å². The third kappa shape index (κ3) is 8.45. The third-order valence-electron chi connectivity index (χ3n) is 1.60. The number of aliphatic hydroxyl groups excluding tert-OH is 1. The molecule has 0 saturated carbocycles. The molecule has 0 bridgehead atoms. The zero-order valence-corrected chi connectivity index (χ0v) is 8.24. The summed E-state index contributed by atoms with van der Waals surface area (Å²) in [5.41, 5.74) is 0. The molecular weight excluding hydrogens is 183 g/mol. The van der Waals surface area contributed by atoms with E-state index in [1.165, 1.54) is 6.42 Å². The zero-order chi connectivity index (χ0) is 8.53. The lowest BCUT2D eigenvalue weighted by Crippen LogP contribution is -2.07. The predicted molar refractivity (Wildman–Crippen MR) is 50.5 cm³/mol. The molecule has 0 aromatic carbocycles. The Bertz CT molecular complexity index is 78.5. The third-order valence-corrected chi connectivity index (χ3v) is 2.22. The van der Waals surface area contributed by atoms with E-state index in [-0.39, 0.29) is 6.10 Å². The van der Waals surface area contributed by atoms with Crippen LogP contribution in [0.5, 0.6) is 0 Å². The van der Waals surface area contributed by atoms with Crippen molar-refractivity contribution in [1.82, 2.24) is 0 Å². The minimum Gasteiger partial charge on any atom is -0.392 e. The molecule has 1 N–H and O–H groups in total. The van der Waals surface area contributed by atoms with E-state index in [4.69, 9.17) is 28.3 Å². The molecular formula is C8H16Cl2O. The fourth-order valence-corrected chi connectivity index (χ4v) is 1.25. The molecule has 0 fully saturated rings.